The van der Waals surface area contributed by atoms with Crippen LogP contribution in [-0.2, 0) is 0 Å². The van der Waals surface area contributed by atoms with Gasteiger partial charge in [-0.05, 0) is 43.7 Å². The van der Waals surface area contributed by atoms with Crippen LogP contribution in [0.5, 0.6) is 0 Å². The number of carbonyl (C=O) groups is 1. The Morgan fingerprint density at radius 2 is 2.05 bits per heavy atom. The number of hydrazine groups is 1. The fraction of sp³-hybridized carbons (Fsp3) is 0.571. The molecule has 2 fully saturated rings. The minimum absolute atomic E-state index is 0.108. The maximum absolute atomic E-state index is 12.5. The number of nitrogens with two attached hydrogens (primary N) is 1. The number of hydrogen-bond acceptors (Lipinski definition) is 4. The lowest BCUT2D eigenvalue weighted by Gasteiger charge is -2.18. The van der Waals surface area contributed by atoms with Crippen LogP contribution in [-0.4, -0.2) is 28.9 Å². The number of likely N-dealkylation sites (tertiary alicyclic amines) is 1. The van der Waals surface area contributed by atoms with Gasteiger partial charge >= 0.3 is 0 Å². The molecule has 5 nitrogen and oxygen atoms in total. The van der Waals surface area contributed by atoms with Crippen molar-refractivity contribution in [2.24, 2.45) is 17.7 Å². The average molecular weight is 260 g/mol. The summed E-state index contributed by atoms with van der Waals surface area (Å²) < 4.78 is 0. The number of fused-ring (bicyclic) bond motifs is 1. The van der Waals surface area contributed by atoms with E-state index in [0.717, 1.165) is 30.6 Å². The molecule has 1 aliphatic carbocycles. The van der Waals surface area contributed by atoms with Crippen LogP contribution in [0.4, 0.5) is 5.82 Å². The minimum Gasteiger partial charge on any atom is -0.338 e. The van der Waals surface area contributed by atoms with Crippen molar-refractivity contribution in [2.45, 2.75) is 26.2 Å². The van der Waals surface area contributed by atoms with E-state index in [1.807, 2.05) is 17.9 Å². The maximum Gasteiger partial charge on any atom is 0.254 e. The highest BCUT2D eigenvalue weighted by atomic mass is 16.2. The number of nitrogens with zero attached hydrogens (tertiary/aromatic N) is 2. The SMILES string of the molecule is Cc1cc(C(=O)N2CC3CCCC3C2)cc(NN)n1. The summed E-state index contributed by atoms with van der Waals surface area (Å²) in [6.45, 7) is 3.70. The van der Waals surface area contributed by atoms with Crippen molar-refractivity contribution >= 4 is 11.7 Å². The van der Waals surface area contributed by atoms with E-state index >= 15 is 0 Å². The lowest BCUT2D eigenvalue weighted by atomic mass is 10.0. The van der Waals surface area contributed by atoms with E-state index in [2.05, 4.69) is 10.4 Å². The normalized spacial score (nSPS) is 25.5. The lowest BCUT2D eigenvalue weighted by Crippen LogP contribution is -2.29. The Morgan fingerprint density at radius 3 is 2.68 bits per heavy atom. The number of pyridine rings is 1. The average Bonchev–Trinajstić information content (AvgIpc) is 2.97. The molecule has 19 heavy (non-hydrogen) atoms. The Hall–Kier alpha value is -1.62. The van der Waals surface area contributed by atoms with Gasteiger partial charge in [-0.15, -0.1) is 0 Å². The van der Waals surface area contributed by atoms with Crippen LogP contribution >= 0.6 is 0 Å². The molecular weight excluding hydrogens is 240 g/mol. The molecular formula is C14H20N4O. The molecule has 0 aromatic carbocycles. The first kappa shape index (κ1) is 12.4. The molecule has 1 aromatic rings. The van der Waals surface area contributed by atoms with Gasteiger partial charge in [0.25, 0.3) is 5.91 Å². The number of anilines is 1. The third kappa shape index (κ3) is 2.30. The molecule has 2 atom stereocenters. The summed E-state index contributed by atoms with van der Waals surface area (Å²) in [7, 11) is 0. The first-order valence-corrected chi connectivity index (χ1v) is 6.92. The fourth-order valence-electron chi connectivity index (χ4n) is 3.45. The van der Waals surface area contributed by atoms with Gasteiger partial charge in [-0.1, -0.05) is 6.42 Å². The predicted octanol–water partition coefficient (Wildman–Crippen LogP) is 1.55. The Morgan fingerprint density at radius 1 is 1.37 bits per heavy atom. The van der Waals surface area contributed by atoms with Crippen molar-refractivity contribution in [3.63, 3.8) is 0 Å². The highest BCUT2D eigenvalue weighted by Gasteiger charge is 2.38. The molecule has 1 saturated heterocycles. The smallest absolute Gasteiger partial charge is 0.254 e. The van der Waals surface area contributed by atoms with Crippen LogP contribution in [0.3, 0.4) is 0 Å². The molecule has 0 bridgehead atoms. The molecule has 5 heteroatoms. The molecule has 3 N–H and O–H groups in total. The summed E-state index contributed by atoms with van der Waals surface area (Å²) in [5, 5.41) is 0. The van der Waals surface area contributed by atoms with Crippen LogP contribution in [0.2, 0.25) is 0 Å². The van der Waals surface area contributed by atoms with Crippen LogP contribution in [0.1, 0.15) is 35.3 Å². The quantitative estimate of drug-likeness (QED) is 0.625. The summed E-state index contributed by atoms with van der Waals surface area (Å²) in [6, 6.07) is 3.56. The Bertz CT molecular complexity index is 490. The Kier molecular flexibility index (Phi) is 3.14. The first-order valence-electron chi connectivity index (χ1n) is 6.92. The second-order valence-electron chi connectivity index (χ2n) is 5.69. The zero-order valence-corrected chi connectivity index (χ0v) is 11.2. The van der Waals surface area contributed by atoms with Gasteiger partial charge in [-0.3, -0.25) is 4.79 Å². The number of aryl methyl sites for hydroxylation is 1. The van der Waals surface area contributed by atoms with Crippen molar-refractivity contribution < 1.29 is 4.79 Å². The van der Waals surface area contributed by atoms with Gasteiger partial charge in [0, 0.05) is 24.3 Å². The van der Waals surface area contributed by atoms with E-state index in [9.17, 15) is 4.79 Å². The standard InChI is InChI=1S/C14H20N4O/c1-9-5-12(6-13(16-9)17-15)14(19)18-7-10-3-2-4-11(10)8-18/h5-6,10-11H,2-4,7-8,15H2,1H3,(H,16,17). The van der Waals surface area contributed by atoms with Gasteiger partial charge in [0.1, 0.15) is 5.82 Å². The topological polar surface area (TPSA) is 71.2 Å². The molecule has 0 radical (unpaired) electrons. The van der Waals surface area contributed by atoms with E-state index in [0.29, 0.717) is 11.4 Å². The molecule has 1 saturated carbocycles. The van der Waals surface area contributed by atoms with Crippen LogP contribution in [0.15, 0.2) is 12.1 Å². The van der Waals surface area contributed by atoms with Crippen molar-refractivity contribution in [3.8, 4) is 0 Å². The molecule has 1 amide bonds. The third-order valence-electron chi connectivity index (χ3n) is 4.36. The molecule has 2 unspecified atom stereocenters. The second-order valence-corrected chi connectivity index (χ2v) is 5.69. The monoisotopic (exact) mass is 260 g/mol. The van der Waals surface area contributed by atoms with Gasteiger partial charge in [-0.2, -0.15) is 0 Å². The molecule has 2 heterocycles. The zero-order chi connectivity index (χ0) is 13.4. The van der Waals surface area contributed by atoms with Crippen molar-refractivity contribution in [1.29, 1.82) is 0 Å². The summed E-state index contributed by atoms with van der Waals surface area (Å²) in [5.41, 5.74) is 4.00. The number of hydrogen-bond donors (Lipinski definition) is 2. The van der Waals surface area contributed by atoms with Crippen molar-refractivity contribution in [3.05, 3.63) is 23.4 Å². The number of rotatable bonds is 2. The van der Waals surface area contributed by atoms with Crippen LogP contribution in [0, 0.1) is 18.8 Å². The molecule has 0 spiro atoms. The largest absolute Gasteiger partial charge is 0.338 e. The summed E-state index contributed by atoms with van der Waals surface area (Å²) >= 11 is 0. The van der Waals surface area contributed by atoms with E-state index in [1.54, 1.807) is 6.07 Å². The number of carbonyl (C=O) groups excluding carboxylic acids is 1. The fourth-order valence-corrected chi connectivity index (χ4v) is 3.45. The molecule has 1 aliphatic heterocycles. The van der Waals surface area contributed by atoms with E-state index < -0.39 is 0 Å². The van der Waals surface area contributed by atoms with E-state index in [-0.39, 0.29) is 5.91 Å². The second kappa shape index (κ2) is 4.81. The molecule has 3 rings (SSSR count). The van der Waals surface area contributed by atoms with E-state index in [1.165, 1.54) is 19.3 Å². The highest BCUT2D eigenvalue weighted by Crippen LogP contribution is 2.38. The summed E-state index contributed by atoms with van der Waals surface area (Å²) in [4.78, 5) is 18.7. The van der Waals surface area contributed by atoms with Gasteiger partial charge < -0.3 is 10.3 Å². The minimum atomic E-state index is 0.108. The number of nitrogen functional groups attached to an aromatic ring is 1. The van der Waals surface area contributed by atoms with Gasteiger partial charge in [0.05, 0.1) is 0 Å². The molecule has 102 valence electrons. The highest BCUT2D eigenvalue weighted by molar-refractivity contribution is 5.95. The third-order valence-corrected chi connectivity index (χ3v) is 4.36. The van der Waals surface area contributed by atoms with Gasteiger partial charge in [0.15, 0.2) is 0 Å². The number of nitrogens with one attached hydrogen (secondary N) is 1. The molecule has 1 aromatic heterocycles. The van der Waals surface area contributed by atoms with Gasteiger partial charge in [0.2, 0.25) is 0 Å². The number of aromatic nitrogens is 1. The molecule has 2 aliphatic rings. The summed E-state index contributed by atoms with van der Waals surface area (Å²) in [5.74, 6) is 7.47. The Balaban J connectivity index is 1.79. The van der Waals surface area contributed by atoms with Crippen LogP contribution in [0.25, 0.3) is 0 Å². The van der Waals surface area contributed by atoms with Gasteiger partial charge in [-0.25, -0.2) is 10.8 Å². The van der Waals surface area contributed by atoms with Crippen molar-refractivity contribution in [1.82, 2.24) is 9.88 Å². The van der Waals surface area contributed by atoms with Crippen LogP contribution < -0.4 is 11.3 Å². The van der Waals surface area contributed by atoms with Crippen molar-refractivity contribution in [2.75, 3.05) is 18.5 Å². The first-order chi connectivity index (χ1) is 9.17. The predicted molar refractivity (Wildman–Crippen MR) is 73.5 cm³/mol. The maximum atomic E-state index is 12.5. The number of amides is 1. The van der Waals surface area contributed by atoms with E-state index in [4.69, 9.17) is 5.84 Å². The summed E-state index contributed by atoms with van der Waals surface area (Å²) in [6.07, 6.45) is 3.88. The zero-order valence-electron chi connectivity index (χ0n) is 11.2. The Labute approximate surface area is 113 Å². The lowest BCUT2D eigenvalue weighted by molar-refractivity contribution is 0.0780.